The minimum atomic E-state index is 0.362. The van der Waals surface area contributed by atoms with Crippen molar-refractivity contribution in [3.63, 3.8) is 0 Å². The van der Waals surface area contributed by atoms with Gasteiger partial charge in [0.2, 0.25) is 0 Å². The molecule has 0 atom stereocenters. The van der Waals surface area contributed by atoms with Crippen LogP contribution in [0.25, 0.3) is 0 Å². The predicted molar refractivity (Wildman–Crippen MR) is 46.2 cm³/mol. The molecule has 0 unspecified atom stereocenters. The van der Waals surface area contributed by atoms with Gasteiger partial charge in [-0.3, -0.25) is 4.99 Å². The minimum absolute atomic E-state index is 0.362. The van der Waals surface area contributed by atoms with Crippen molar-refractivity contribution in [1.82, 2.24) is 0 Å². The van der Waals surface area contributed by atoms with Gasteiger partial charge in [0.15, 0.2) is 0 Å². The molecule has 58 valence electrons. The van der Waals surface area contributed by atoms with Crippen molar-refractivity contribution in [2.45, 2.75) is 33.2 Å². The highest BCUT2D eigenvalue weighted by molar-refractivity contribution is 5.78. The second-order valence-electron chi connectivity index (χ2n) is 2.47. The van der Waals surface area contributed by atoms with Gasteiger partial charge < -0.3 is 5.73 Å². The quantitative estimate of drug-likeness (QED) is 0.595. The van der Waals surface area contributed by atoms with E-state index >= 15 is 0 Å². The van der Waals surface area contributed by atoms with Gasteiger partial charge >= 0.3 is 0 Å². The van der Waals surface area contributed by atoms with Gasteiger partial charge in [-0.15, -0.1) is 0 Å². The van der Waals surface area contributed by atoms with Crippen LogP contribution < -0.4 is 5.73 Å². The maximum Gasteiger partial charge on any atom is 0.0443 e. The summed E-state index contributed by atoms with van der Waals surface area (Å²) in [4.78, 5) is 4.19. The molecule has 2 N–H and O–H groups in total. The van der Waals surface area contributed by atoms with E-state index in [1.54, 1.807) is 6.20 Å². The molecule has 0 rings (SSSR count). The van der Waals surface area contributed by atoms with Gasteiger partial charge in [0, 0.05) is 12.3 Å². The molecule has 0 saturated carbocycles. The minimum Gasteiger partial charge on any atom is -0.404 e. The molecule has 0 aliphatic carbocycles. The van der Waals surface area contributed by atoms with E-state index in [4.69, 9.17) is 5.73 Å². The zero-order valence-corrected chi connectivity index (χ0v) is 6.96. The molecule has 0 heterocycles. The number of nitrogens with zero attached hydrogens (tertiary/aromatic N) is 1. The van der Waals surface area contributed by atoms with Crippen LogP contribution in [0.5, 0.6) is 0 Å². The van der Waals surface area contributed by atoms with E-state index in [0.717, 1.165) is 12.0 Å². The smallest absolute Gasteiger partial charge is 0.0443 e. The summed E-state index contributed by atoms with van der Waals surface area (Å²) in [5.41, 5.74) is 6.41. The highest BCUT2D eigenvalue weighted by Gasteiger charge is 1.87. The van der Waals surface area contributed by atoms with Crippen molar-refractivity contribution < 1.29 is 0 Å². The summed E-state index contributed by atoms with van der Waals surface area (Å²) in [7, 11) is 0. The van der Waals surface area contributed by atoms with Gasteiger partial charge in [0.1, 0.15) is 0 Å². The maximum atomic E-state index is 5.32. The van der Waals surface area contributed by atoms with E-state index in [1.807, 2.05) is 20.1 Å². The highest BCUT2D eigenvalue weighted by Crippen LogP contribution is 1.95. The maximum absolute atomic E-state index is 5.32. The third-order valence-electron chi connectivity index (χ3n) is 1.16. The molecule has 0 aromatic heterocycles. The monoisotopic (exact) mass is 140 g/mol. The lowest BCUT2D eigenvalue weighted by atomic mass is 10.2. The van der Waals surface area contributed by atoms with E-state index in [-0.39, 0.29) is 0 Å². The summed E-state index contributed by atoms with van der Waals surface area (Å²) in [6.45, 7) is 6.14. The van der Waals surface area contributed by atoms with Crippen LogP contribution in [-0.2, 0) is 0 Å². The van der Waals surface area contributed by atoms with Crippen LogP contribution in [0.3, 0.4) is 0 Å². The molecule has 0 radical (unpaired) electrons. The Morgan fingerprint density at radius 2 is 2.20 bits per heavy atom. The largest absolute Gasteiger partial charge is 0.404 e. The van der Waals surface area contributed by atoms with E-state index in [2.05, 4.69) is 11.9 Å². The van der Waals surface area contributed by atoms with Crippen molar-refractivity contribution in [2.24, 2.45) is 10.7 Å². The fourth-order valence-corrected chi connectivity index (χ4v) is 0.497. The molecule has 0 amide bonds. The Balaban J connectivity index is 3.86. The molecular formula is C8H16N2. The summed E-state index contributed by atoms with van der Waals surface area (Å²) < 4.78 is 0. The number of hydrogen-bond donors (Lipinski definition) is 1. The van der Waals surface area contributed by atoms with Crippen LogP contribution in [-0.4, -0.2) is 12.3 Å². The topological polar surface area (TPSA) is 38.4 Å². The first-order chi connectivity index (χ1) is 4.70. The van der Waals surface area contributed by atoms with Crippen molar-refractivity contribution in [3.8, 4) is 0 Å². The Morgan fingerprint density at radius 1 is 1.60 bits per heavy atom. The first-order valence-electron chi connectivity index (χ1n) is 3.64. The number of nitrogens with two attached hydrogens (primary N) is 1. The SMILES string of the molecule is CC/C(C=NC(C)C)=C/N. The van der Waals surface area contributed by atoms with Gasteiger partial charge in [0.05, 0.1) is 0 Å². The van der Waals surface area contributed by atoms with Crippen LogP contribution in [0.2, 0.25) is 0 Å². The number of aliphatic imine (C=N–C) groups is 1. The van der Waals surface area contributed by atoms with Gasteiger partial charge in [0.25, 0.3) is 0 Å². The van der Waals surface area contributed by atoms with Crippen molar-refractivity contribution in [2.75, 3.05) is 0 Å². The van der Waals surface area contributed by atoms with Crippen LogP contribution in [0.15, 0.2) is 16.8 Å². The van der Waals surface area contributed by atoms with Crippen LogP contribution >= 0.6 is 0 Å². The predicted octanol–water partition coefficient (Wildman–Crippen LogP) is 1.72. The summed E-state index contributed by atoms with van der Waals surface area (Å²) >= 11 is 0. The van der Waals surface area contributed by atoms with Gasteiger partial charge in [-0.25, -0.2) is 0 Å². The Labute approximate surface area is 62.8 Å². The standard InChI is InChI=1S/C8H16N2/c1-4-8(5-9)6-10-7(2)3/h5-7H,4,9H2,1-3H3/b8-5-,10-6?. The van der Waals surface area contributed by atoms with Gasteiger partial charge in [-0.05, 0) is 32.0 Å². The molecule has 0 saturated heterocycles. The van der Waals surface area contributed by atoms with Crippen LogP contribution in [0.1, 0.15) is 27.2 Å². The fraction of sp³-hybridized carbons (Fsp3) is 0.625. The molecule has 2 heteroatoms. The van der Waals surface area contributed by atoms with Crippen molar-refractivity contribution in [3.05, 3.63) is 11.8 Å². The van der Waals surface area contributed by atoms with E-state index in [9.17, 15) is 0 Å². The van der Waals surface area contributed by atoms with Crippen LogP contribution in [0.4, 0.5) is 0 Å². The molecule has 0 aromatic rings. The number of hydrogen-bond acceptors (Lipinski definition) is 2. The molecule has 0 spiro atoms. The van der Waals surface area contributed by atoms with Gasteiger partial charge in [-0.2, -0.15) is 0 Å². The third-order valence-corrected chi connectivity index (χ3v) is 1.16. The molecular weight excluding hydrogens is 124 g/mol. The number of rotatable bonds is 3. The van der Waals surface area contributed by atoms with E-state index < -0.39 is 0 Å². The average Bonchev–Trinajstić information content (AvgIpc) is 1.90. The van der Waals surface area contributed by atoms with Gasteiger partial charge in [-0.1, -0.05) is 6.92 Å². The highest BCUT2D eigenvalue weighted by atomic mass is 14.7. The van der Waals surface area contributed by atoms with Crippen LogP contribution in [0, 0.1) is 0 Å². The summed E-state index contributed by atoms with van der Waals surface area (Å²) in [5, 5.41) is 0. The van der Waals surface area contributed by atoms with Crippen molar-refractivity contribution >= 4 is 6.21 Å². The molecule has 2 nitrogen and oxygen atoms in total. The average molecular weight is 140 g/mol. The normalized spacial score (nSPS) is 13.4. The molecule has 0 bridgehead atoms. The molecule has 0 aromatic carbocycles. The Bertz CT molecular complexity index is 134. The lowest BCUT2D eigenvalue weighted by Gasteiger charge is -1.96. The molecule has 10 heavy (non-hydrogen) atoms. The molecule has 0 aliphatic rings. The fourth-order valence-electron chi connectivity index (χ4n) is 0.497. The summed E-state index contributed by atoms with van der Waals surface area (Å²) in [6.07, 6.45) is 4.39. The third kappa shape index (κ3) is 4.13. The zero-order chi connectivity index (χ0) is 7.98. The lowest BCUT2D eigenvalue weighted by molar-refractivity contribution is 0.839. The first kappa shape index (κ1) is 9.21. The Hall–Kier alpha value is -0.790. The van der Waals surface area contributed by atoms with Crippen molar-refractivity contribution in [1.29, 1.82) is 0 Å². The molecule has 0 fully saturated rings. The number of allylic oxidation sites excluding steroid dienone is 1. The van der Waals surface area contributed by atoms with E-state index in [1.165, 1.54) is 0 Å². The Morgan fingerprint density at radius 3 is 2.50 bits per heavy atom. The molecule has 0 aliphatic heterocycles. The lowest BCUT2D eigenvalue weighted by Crippen LogP contribution is -1.93. The second kappa shape index (κ2) is 5.03. The first-order valence-corrected chi connectivity index (χ1v) is 3.64. The summed E-state index contributed by atoms with van der Waals surface area (Å²) in [6, 6.07) is 0.362. The zero-order valence-electron chi connectivity index (χ0n) is 6.96. The van der Waals surface area contributed by atoms with E-state index in [0.29, 0.717) is 6.04 Å². The summed E-state index contributed by atoms with van der Waals surface area (Å²) in [5.74, 6) is 0. The second-order valence-corrected chi connectivity index (χ2v) is 2.47. The Kier molecular flexibility index (Phi) is 4.63.